The van der Waals surface area contributed by atoms with Crippen LogP contribution in [0.15, 0.2) is 0 Å². The quantitative estimate of drug-likeness (QED) is 0.337. The Morgan fingerprint density at radius 2 is 1.87 bits per heavy atom. The fourth-order valence-electron chi connectivity index (χ4n) is 1.77. The van der Waals surface area contributed by atoms with E-state index in [-0.39, 0.29) is 0 Å². The van der Waals surface area contributed by atoms with Gasteiger partial charge in [0.05, 0.1) is 0 Å². The molecule has 0 spiro atoms. The van der Waals surface area contributed by atoms with Gasteiger partial charge in [0.2, 0.25) is 0 Å². The lowest BCUT2D eigenvalue weighted by Gasteiger charge is -2.15. The second-order valence-corrected chi connectivity index (χ2v) is 5.45. The Labute approximate surface area is 110 Å². The highest BCUT2D eigenvalue weighted by Crippen LogP contribution is 2.11. The van der Waals surface area contributed by atoms with E-state index < -0.39 is 0 Å². The number of unbranched alkanes of at least 4 members (excludes halogenated alkanes) is 3. The zero-order valence-electron chi connectivity index (χ0n) is 10.5. The number of nitrogens with one attached hydrogen (secondary N) is 1. The van der Waals surface area contributed by atoms with Crippen molar-refractivity contribution in [2.24, 2.45) is 5.92 Å². The molecule has 0 aromatic carbocycles. The van der Waals surface area contributed by atoms with Crippen LogP contribution >= 0.6 is 22.6 Å². The first kappa shape index (κ1) is 15.7. The van der Waals surface area contributed by atoms with E-state index in [9.17, 15) is 0 Å². The van der Waals surface area contributed by atoms with Gasteiger partial charge >= 0.3 is 0 Å². The number of alkyl halides is 1. The predicted molar refractivity (Wildman–Crippen MR) is 78.9 cm³/mol. The van der Waals surface area contributed by atoms with Gasteiger partial charge in [0, 0.05) is 0 Å². The van der Waals surface area contributed by atoms with Crippen molar-refractivity contribution in [2.75, 3.05) is 17.5 Å². The first-order chi connectivity index (χ1) is 7.35. The molecular weight excluding hydrogens is 297 g/mol. The van der Waals surface area contributed by atoms with Crippen molar-refractivity contribution < 1.29 is 0 Å². The smallest absolute Gasteiger partial charge is 0.000472 e. The standard InChI is InChI=1S/C13H28IN/c1-3-5-9-13(4-2)12-15-11-8-6-7-10-14/h13,15H,3-12H2,1-2H3. The summed E-state index contributed by atoms with van der Waals surface area (Å²) in [5.74, 6) is 0.912. The summed E-state index contributed by atoms with van der Waals surface area (Å²) in [5.41, 5.74) is 0. The van der Waals surface area contributed by atoms with Crippen LogP contribution in [0.25, 0.3) is 0 Å². The minimum Gasteiger partial charge on any atom is -0.316 e. The second kappa shape index (κ2) is 12.8. The van der Waals surface area contributed by atoms with Crippen LogP contribution < -0.4 is 5.32 Å². The molecule has 0 saturated heterocycles. The molecule has 92 valence electrons. The van der Waals surface area contributed by atoms with Gasteiger partial charge in [0.25, 0.3) is 0 Å². The monoisotopic (exact) mass is 325 g/mol. The Morgan fingerprint density at radius 3 is 2.47 bits per heavy atom. The van der Waals surface area contributed by atoms with Crippen molar-refractivity contribution in [3.05, 3.63) is 0 Å². The zero-order chi connectivity index (χ0) is 11.4. The second-order valence-electron chi connectivity index (χ2n) is 4.37. The summed E-state index contributed by atoms with van der Waals surface area (Å²) in [5, 5.41) is 3.60. The van der Waals surface area contributed by atoms with Crippen molar-refractivity contribution in [1.29, 1.82) is 0 Å². The molecule has 0 aliphatic rings. The third kappa shape index (κ3) is 11.0. The van der Waals surface area contributed by atoms with E-state index in [2.05, 4.69) is 41.8 Å². The summed E-state index contributed by atoms with van der Waals surface area (Å²) in [6.45, 7) is 7.06. The van der Waals surface area contributed by atoms with Gasteiger partial charge in [-0.3, -0.25) is 0 Å². The van der Waals surface area contributed by atoms with Crippen LogP contribution in [0.1, 0.15) is 58.8 Å². The molecule has 1 nitrogen and oxygen atoms in total. The number of rotatable bonds is 11. The molecule has 1 atom stereocenters. The highest BCUT2D eigenvalue weighted by atomic mass is 127. The molecule has 0 rings (SSSR count). The third-order valence-electron chi connectivity index (χ3n) is 2.96. The van der Waals surface area contributed by atoms with Crippen molar-refractivity contribution in [3.63, 3.8) is 0 Å². The first-order valence-electron chi connectivity index (χ1n) is 6.61. The Morgan fingerprint density at radius 1 is 1.07 bits per heavy atom. The fourth-order valence-corrected chi connectivity index (χ4v) is 2.31. The van der Waals surface area contributed by atoms with E-state index in [0.29, 0.717) is 0 Å². The summed E-state index contributed by atoms with van der Waals surface area (Å²) >= 11 is 2.46. The maximum atomic E-state index is 3.60. The molecule has 0 fully saturated rings. The van der Waals surface area contributed by atoms with Crippen LogP contribution in [-0.4, -0.2) is 17.5 Å². The van der Waals surface area contributed by atoms with Gasteiger partial charge in [0.1, 0.15) is 0 Å². The van der Waals surface area contributed by atoms with E-state index in [1.54, 1.807) is 0 Å². The molecular formula is C13H28IN. The third-order valence-corrected chi connectivity index (χ3v) is 3.73. The van der Waals surface area contributed by atoms with Gasteiger partial charge in [-0.25, -0.2) is 0 Å². The van der Waals surface area contributed by atoms with Crippen molar-refractivity contribution in [1.82, 2.24) is 5.32 Å². The van der Waals surface area contributed by atoms with Gasteiger partial charge in [-0.2, -0.15) is 0 Å². The highest BCUT2D eigenvalue weighted by molar-refractivity contribution is 14.1. The number of hydrogen-bond acceptors (Lipinski definition) is 1. The topological polar surface area (TPSA) is 12.0 Å². The molecule has 0 saturated carbocycles. The van der Waals surface area contributed by atoms with Crippen LogP contribution in [0.4, 0.5) is 0 Å². The Bertz CT molecular complexity index is 117. The molecule has 0 amide bonds. The van der Waals surface area contributed by atoms with Crippen LogP contribution in [0.2, 0.25) is 0 Å². The maximum Gasteiger partial charge on any atom is -0.000472 e. The normalized spacial score (nSPS) is 13.0. The lowest BCUT2D eigenvalue weighted by molar-refractivity contribution is 0.417. The molecule has 0 heterocycles. The van der Waals surface area contributed by atoms with Crippen molar-refractivity contribution >= 4 is 22.6 Å². The van der Waals surface area contributed by atoms with Crippen LogP contribution in [0.5, 0.6) is 0 Å². The molecule has 0 aromatic rings. The van der Waals surface area contributed by atoms with Gasteiger partial charge in [-0.1, -0.05) is 62.1 Å². The highest BCUT2D eigenvalue weighted by Gasteiger charge is 2.04. The number of halogens is 1. The fraction of sp³-hybridized carbons (Fsp3) is 1.00. The van der Waals surface area contributed by atoms with E-state index in [4.69, 9.17) is 0 Å². The van der Waals surface area contributed by atoms with Crippen LogP contribution in [0.3, 0.4) is 0 Å². The molecule has 0 bridgehead atoms. The molecule has 1 unspecified atom stereocenters. The molecule has 0 aliphatic heterocycles. The molecule has 0 radical (unpaired) electrons. The van der Waals surface area contributed by atoms with Crippen LogP contribution in [0, 0.1) is 5.92 Å². The Hall–Kier alpha value is 0.690. The molecule has 0 aliphatic carbocycles. The van der Waals surface area contributed by atoms with Gasteiger partial charge in [-0.15, -0.1) is 0 Å². The molecule has 15 heavy (non-hydrogen) atoms. The summed E-state index contributed by atoms with van der Waals surface area (Å²) in [7, 11) is 0. The van der Waals surface area contributed by atoms with Gasteiger partial charge in [-0.05, 0) is 42.7 Å². The Kier molecular flexibility index (Phi) is 13.3. The van der Waals surface area contributed by atoms with Gasteiger partial charge < -0.3 is 5.32 Å². The van der Waals surface area contributed by atoms with Crippen molar-refractivity contribution in [2.45, 2.75) is 58.8 Å². The Balaban J connectivity index is 3.22. The molecule has 2 heteroatoms. The zero-order valence-corrected chi connectivity index (χ0v) is 12.7. The average Bonchev–Trinajstić information content (AvgIpc) is 2.27. The average molecular weight is 325 g/mol. The lowest BCUT2D eigenvalue weighted by atomic mass is 9.99. The molecule has 0 aromatic heterocycles. The van der Waals surface area contributed by atoms with Gasteiger partial charge in [0.15, 0.2) is 0 Å². The van der Waals surface area contributed by atoms with Crippen LogP contribution in [-0.2, 0) is 0 Å². The summed E-state index contributed by atoms with van der Waals surface area (Å²) in [6, 6.07) is 0. The largest absolute Gasteiger partial charge is 0.316 e. The molecule has 1 N–H and O–H groups in total. The van der Waals surface area contributed by atoms with E-state index in [0.717, 1.165) is 5.92 Å². The van der Waals surface area contributed by atoms with Crippen molar-refractivity contribution in [3.8, 4) is 0 Å². The minimum absolute atomic E-state index is 0.912. The minimum atomic E-state index is 0.912. The van der Waals surface area contributed by atoms with E-state index in [1.807, 2.05) is 0 Å². The summed E-state index contributed by atoms with van der Waals surface area (Å²) < 4.78 is 1.31. The van der Waals surface area contributed by atoms with E-state index >= 15 is 0 Å². The number of hydrogen-bond donors (Lipinski definition) is 1. The first-order valence-corrected chi connectivity index (χ1v) is 8.14. The predicted octanol–water partition coefficient (Wildman–Crippen LogP) is 4.40. The van der Waals surface area contributed by atoms with E-state index in [1.165, 1.54) is 62.5 Å². The lowest BCUT2D eigenvalue weighted by Crippen LogP contribution is -2.23. The summed E-state index contributed by atoms with van der Waals surface area (Å²) in [6.07, 6.45) is 9.61. The maximum absolute atomic E-state index is 3.60. The SMILES string of the molecule is CCCCC(CC)CNCCCCCI. The summed E-state index contributed by atoms with van der Waals surface area (Å²) in [4.78, 5) is 0.